The first-order chi connectivity index (χ1) is 8.16. The molecule has 0 aliphatic rings. The molecule has 4 nitrogen and oxygen atoms in total. The molecule has 1 atom stereocenters. The Hall–Kier alpha value is -2.10. The fraction of sp³-hybridized carbons (Fsp3) is 0.231. The normalized spacial score (nSPS) is 12.1. The van der Waals surface area contributed by atoms with Crippen molar-refractivity contribution in [2.75, 3.05) is 11.1 Å². The molecule has 0 aromatic carbocycles. The largest absolute Gasteiger partial charge is 0.397 e. The fourth-order valence-corrected chi connectivity index (χ4v) is 1.58. The van der Waals surface area contributed by atoms with Crippen LogP contribution in [-0.4, -0.2) is 9.97 Å². The zero-order valence-electron chi connectivity index (χ0n) is 10.0. The maximum absolute atomic E-state index is 5.73. The third kappa shape index (κ3) is 2.72. The SMILES string of the molecule is Cc1cc(NC(C)c2cccnc2)ncc1N. The van der Waals surface area contributed by atoms with Crippen LogP contribution in [0.15, 0.2) is 36.8 Å². The lowest BCUT2D eigenvalue weighted by atomic mass is 10.1. The molecule has 0 saturated heterocycles. The summed E-state index contributed by atoms with van der Waals surface area (Å²) in [7, 11) is 0. The highest BCUT2D eigenvalue weighted by Gasteiger charge is 2.06. The standard InChI is InChI=1S/C13H16N4/c1-9-6-13(16-8-12(9)14)17-10(2)11-4-3-5-15-7-11/h3-8,10H,14H2,1-2H3,(H,16,17). The predicted octanol–water partition coefficient (Wildman–Crippen LogP) is 2.54. The molecule has 17 heavy (non-hydrogen) atoms. The van der Waals surface area contributed by atoms with Crippen molar-refractivity contribution in [3.63, 3.8) is 0 Å². The van der Waals surface area contributed by atoms with Gasteiger partial charge >= 0.3 is 0 Å². The van der Waals surface area contributed by atoms with Gasteiger partial charge in [0, 0.05) is 12.4 Å². The maximum Gasteiger partial charge on any atom is 0.126 e. The number of nitrogens with two attached hydrogens (primary N) is 1. The van der Waals surface area contributed by atoms with Crippen LogP contribution in [0.2, 0.25) is 0 Å². The average molecular weight is 228 g/mol. The van der Waals surface area contributed by atoms with Crippen LogP contribution < -0.4 is 11.1 Å². The molecule has 0 aliphatic carbocycles. The number of aryl methyl sites for hydroxylation is 1. The van der Waals surface area contributed by atoms with Crippen LogP contribution in [0.25, 0.3) is 0 Å². The first-order valence-corrected chi connectivity index (χ1v) is 5.55. The first-order valence-electron chi connectivity index (χ1n) is 5.55. The van der Waals surface area contributed by atoms with Crippen molar-refractivity contribution in [3.8, 4) is 0 Å². The summed E-state index contributed by atoms with van der Waals surface area (Å²) in [5.41, 5.74) is 8.60. The molecule has 0 radical (unpaired) electrons. The van der Waals surface area contributed by atoms with Gasteiger partial charge in [0.1, 0.15) is 5.82 Å². The van der Waals surface area contributed by atoms with Gasteiger partial charge in [0.15, 0.2) is 0 Å². The molecule has 2 aromatic heterocycles. The van der Waals surface area contributed by atoms with E-state index < -0.39 is 0 Å². The average Bonchev–Trinajstić information content (AvgIpc) is 2.35. The number of pyridine rings is 2. The van der Waals surface area contributed by atoms with Crippen LogP contribution in [0, 0.1) is 6.92 Å². The second kappa shape index (κ2) is 4.82. The van der Waals surface area contributed by atoms with Gasteiger partial charge in [-0.1, -0.05) is 6.07 Å². The molecule has 2 rings (SSSR count). The van der Waals surface area contributed by atoms with Crippen LogP contribution in [0.1, 0.15) is 24.1 Å². The number of aromatic nitrogens is 2. The van der Waals surface area contributed by atoms with Gasteiger partial charge in [0.2, 0.25) is 0 Å². The molecule has 4 heteroatoms. The van der Waals surface area contributed by atoms with Gasteiger partial charge in [-0.15, -0.1) is 0 Å². The molecular weight excluding hydrogens is 212 g/mol. The molecule has 0 spiro atoms. The fourth-order valence-electron chi connectivity index (χ4n) is 1.58. The van der Waals surface area contributed by atoms with Crippen LogP contribution >= 0.6 is 0 Å². The molecule has 0 saturated carbocycles. The lowest BCUT2D eigenvalue weighted by Crippen LogP contribution is -2.08. The number of nitrogens with one attached hydrogen (secondary N) is 1. The Labute approximate surface area is 101 Å². The number of hydrogen-bond acceptors (Lipinski definition) is 4. The Morgan fingerprint density at radius 2 is 2.18 bits per heavy atom. The highest BCUT2D eigenvalue weighted by atomic mass is 15.0. The highest BCUT2D eigenvalue weighted by molar-refractivity contribution is 5.51. The zero-order valence-corrected chi connectivity index (χ0v) is 10.0. The summed E-state index contributed by atoms with van der Waals surface area (Å²) in [6.07, 6.45) is 5.29. The summed E-state index contributed by atoms with van der Waals surface area (Å²) < 4.78 is 0. The molecule has 3 N–H and O–H groups in total. The van der Waals surface area contributed by atoms with E-state index in [1.54, 1.807) is 12.4 Å². The summed E-state index contributed by atoms with van der Waals surface area (Å²) in [6.45, 7) is 4.04. The van der Waals surface area contributed by atoms with Gasteiger partial charge < -0.3 is 11.1 Å². The minimum Gasteiger partial charge on any atom is -0.397 e. The minimum absolute atomic E-state index is 0.166. The van der Waals surface area contributed by atoms with Gasteiger partial charge in [-0.05, 0) is 37.1 Å². The Balaban J connectivity index is 2.13. The number of nitrogen functional groups attached to an aromatic ring is 1. The Morgan fingerprint density at radius 1 is 1.35 bits per heavy atom. The van der Waals surface area contributed by atoms with Crippen LogP contribution in [-0.2, 0) is 0 Å². The van der Waals surface area contributed by atoms with Crippen molar-refractivity contribution in [2.24, 2.45) is 0 Å². The van der Waals surface area contributed by atoms with Gasteiger partial charge in [0.05, 0.1) is 17.9 Å². The molecule has 0 fully saturated rings. The van der Waals surface area contributed by atoms with E-state index in [9.17, 15) is 0 Å². The molecule has 0 aliphatic heterocycles. The van der Waals surface area contributed by atoms with Crippen molar-refractivity contribution in [1.29, 1.82) is 0 Å². The Bertz CT molecular complexity index is 496. The maximum atomic E-state index is 5.73. The van der Waals surface area contributed by atoms with Crippen LogP contribution in [0.4, 0.5) is 11.5 Å². The van der Waals surface area contributed by atoms with Crippen LogP contribution in [0.5, 0.6) is 0 Å². The van der Waals surface area contributed by atoms with E-state index in [1.807, 2.05) is 31.3 Å². The highest BCUT2D eigenvalue weighted by Crippen LogP contribution is 2.19. The second-order valence-corrected chi connectivity index (χ2v) is 4.08. The molecule has 0 amide bonds. The second-order valence-electron chi connectivity index (χ2n) is 4.08. The van der Waals surface area contributed by atoms with E-state index >= 15 is 0 Å². The van der Waals surface area contributed by atoms with E-state index in [0.717, 1.165) is 16.9 Å². The van der Waals surface area contributed by atoms with Crippen molar-refractivity contribution < 1.29 is 0 Å². The number of rotatable bonds is 3. The minimum atomic E-state index is 0.166. The lowest BCUT2D eigenvalue weighted by Gasteiger charge is -2.15. The monoisotopic (exact) mass is 228 g/mol. The molecule has 88 valence electrons. The van der Waals surface area contributed by atoms with Gasteiger partial charge in [-0.25, -0.2) is 4.98 Å². The number of hydrogen-bond donors (Lipinski definition) is 2. The van der Waals surface area contributed by atoms with E-state index in [0.29, 0.717) is 5.69 Å². The third-order valence-electron chi connectivity index (χ3n) is 2.70. The molecule has 2 aromatic rings. The van der Waals surface area contributed by atoms with Crippen molar-refractivity contribution in [1.82, 2.24) is 9.97 Å². The summed E-state index contributed by atoms with van der Waals surface area (Å²) in [6, 6.07) is 6.07. The first kappa shape index (κ1) is 11.4. The van der Waals surface area contributed by atoms with E-state index in [-0.39, 0.29) is 6.04 Å². The van der Waals surface area contributed by atoms with Gasteiger partial charge in [-0.3, -0.25) is 4.98 Å². The third-order valence-corrected chi connectivity index (χ3v) is 2.70. The Morgan fingerprint density at radius 3 is 2.82 bits per heavy atom. The van der Waals surface area contributed by atoms with E-state index in [2.05, 4.69) is 22.2 Å². The van der Waals surface area contributed by atoms with E-state index in [1.165, 1.54) is 0 Å². The summed E-state index contributed by atoms with van der Waals surface area (Å²) in [5.74, 6) is 0.827. The molecule has 2 heterocycles. The molecular formula is C13H16N4. The zero-order chi connectivity index (χ0) is 12.3. The van der Waals surface area contributed by atoms with Crippen LogP contribution in [0.3, 0.4) is 0 Å². The topological polar surface area (TPSA) is 63.8 Å². The number of anilines is 2. The summed E-state index contributed by atoms with van der Waals surface area (Å²) >= 11 is 0. The molecule has 1 unspecified atom stereocenters. The van der Waals surface area contributed by atoms with Crippen molar-refractivity contribution >= 4 is 11.5 Å². The van der Waals surface area contributed by atoms with Crippen molar-refractivity contribution in [3.05, 3.63) is 47.9 Å². The smallest absolute Gasteiger partial charge is 0.126 e. The summed E-state index contributed by atoms with van der Waals surface area (Å²) in [5, 5.41) is 3.32. The van der Waals surface area contributed by atoms with E-state index in [4.69, 9.17) is 5.73 Å². The summed E-state index contributed by atoms with van der Waals surface area (Å²) in [4.78, 5) is 8.35. The lowest BCUT2D eigenvalue weighted by molar-refractivity contribution is 0.866. The number of nitrogens with zero attached hydrogens (tertiary/aromatic N) is 2. The van der Waals surface area contributed by atoms with Crippen molar-refractivity contribution in [2.45, 2.75) is 19.9 Å². The quantitative estimate of drug-likeness (QED) is 0.847. The van der Waals surface area contributed by atoms with Gasteiger partial charge in [0.25, 0.3) is 0 Å². The molecule has 0 bridgehead atoms. The van der Waals surface area contributed by atoms with Gasteiger partial charge in [-0.2, -0.15) is 0 Å². The predicted molar refractivity (Wildman–Crippen MR) is 69.7 cm³/mol. The Kier molecular flexibility index (Phi) is 3.23.